The highest BCUT2D eigenvalue weighted by Crippen LogP contribution is 2.41. The number of nitrogens with zero attached hydrogens (tertiary/aromatic N) is 2. The van der Waals surface area contributed by atoms with E-state index in [9.17, 15) is 4.79 Å². The maximum absolute atomic E-state index is 12.9. The minimum Gasteiger partial charge on any atom is -0.494 e. The summed E-state index contributed by atoms with van der Waals surface area (Å²) in [6.07, 6.45) is 1.51. The number of pyridine rings is 1. The molecule has 0 bridgehead atoms. The number of nitrogens with two attached hydrogens (primary N) is 1. The number of methoxy groups -OCH3 is 3. The third-order valence-electron chi connectivity index (χ3n) is 4.03. The van der Waals surface area contributed by atoms with Gasteiger partial charge in [-0.05, 0) is 18.2 Å². The molecule has 3 aromatic rings. The van der Waals surface area contributed by atoms with Crippen molar-refractivity contribution in [2.45, 2.75) is 0 Å². The van der Waals surface area contributed by atoms with Gasteiger partial charge in [0.05, 0.1) is 38.0 Å². The Labute approximate surface area is 162 Å². The molecule has 0 saturated heterocycles. The summed E-state index contributed by atoms with van der Waals surface area (Å²) in [6.45, 7) is 0. The van der Waals surface area contributed by atoms with Gasteiger partial charge in [0.1, 0.15) is 11.3 Å². The summed E-state index contributed by atoms with van der Waals surface area (Å²) < 4.78 is 16.2. The van der Waals surface area contributed by atoms with Crippen LogP contribution in [0.3, 0.4) is 0 Å². The molecule has 3 rings (SSSR count). The van der Waals surface area contributed by atoms with Crippen LogP contribution >= 0.6 is 0 Å². The molecule has 0 aliphatic carbocycles. The number of guanidine groups is 1. The standard InChI is InChI=1S/C20H20N4O4/c1-26-14-11-15(27-2)18(28-3)16-13(9-10-22-17(14)16)19(25)24-20(21)23-12-7-5-4-6-8-12/h4-11H,1-3H3,(H3,21,23,24,25). The van der Waals surface area contributed by atoms with E-state index in [0.29, 0.717) is 39.4 Å². The van der Waals surface area contributed by atoms with Crippen molar-refractivity contribution in [1.82, 2.24) is 10.3 Å². The number of aliphatic imine (C=N–C) groups is 1. The highest BCUT2D eigenvalue weighted by molar-refractivity contribution is 6.14. The van der Waals surface area contributed by atoms with Crippen LogP contribution in [-0.4, -0.2) is 38.2 Å². The van der Waals surface area contributed by atoms with Gasteiger partial charge in [0.25, 0.3) is 5.91 Å². The van der Waals surface area contributed by atoms with Crippen LogP contribution in [0.15, 0.2) is 53.7 Å². The molecule has 0 atom stereocenters. The summed E-state index contributed by atoms with van der Waals surface area (Å²) in [4.78, 5) is 21.4. The van der Waals surface area contributed by atoms with E-state index >= 15 is 0 Å². The van der Waals surface area contributed by atoms with Crippen LogP contribution in [0.4, 0.5) is 5.69 Å². The van der Waals surface area contributed by atoms with Gasteiger partial charge in [0.15, 0.2) is 11.5 Å². The monoisotopic (exact) mass is 380 g/mol. The summed E-state index contributed by atoms with van der Waals surface area (Å²) in [5.74, 6) is 0.747. The zero-order chi connectivity index (χ0) is 20.1. The van der Waals surface area contributed by atoms with E-state index in [1.54, 1.807) is 24.3 Å². The van der Waals surface area contributed by atoms with E-state index in [0.717, 1.165) is 0 Å². The van der Waals surface area contributed by atoms with Gasteiger partial charge in [-0.3, -0.25) is 15.1 Å². The molecule has 0 saturated carbocycles. The molecule has 1 aromatic heterocycles. The SMILES string of the molecule is COc1cc(OC)c2nccc(C(=O)NC(N)=Nc3ccccc3)c2c1OC. The van der Waals surface area contributed by atoms with E-state index < -0.39 is 5.91 Å². The Hall–Kier alpha value is -3.81. The third-order valence-corrected chi connectivity index (χ3v) is 4.03. The number of amides is 1. The van der Waals surface area contributed by atoms with Crippen LogP contribution < -0.4 is 25.3 Å². The van der Waals surface area contributed by atoms with Gasteiger partial charge in [-0.25, -0.2) is 4.99 Å². The second kappa shape index (κ2) is 8.26. The third kappa shape index (κ3) is 3.66. The number of fused-ring (bicyclic) bond motifs is 1. The number of para-hydroxylation sites is 1. The average Bonchev–Trinajstić information content (AvgIpc) is 2.72. The number of carbonyl (C=O) groups is 1. The van der Waals surface area contributed by atoms with Crippen molar-refractivity contribution in [2.75, 3.05) is 21.3 Å². The Balaban J connectivity index is 2.07. The van der Waals surface area contributed by atoms with Crippen molar-refractivity contribution in [3.05, 3.63) is 54.2 Å². The fourth-order valence-corrected chi connectivity index (χ4v) is 2.81. The fraction of sp³-hybridized carbons (Fsp3) is 0.150. The molecular formula is C20H20N4O4. The molecule has 2 aromatic carbocycles. The molecule has 0 unspecified atom stereocenters. The molecule has 0 aliphatic heterocycles. The van der Waals surface area contributed by atoms with Gasteiger partial charge in [0.2, 0.25) is 5.96 Å². The lowest BCUT2D eigenvalue weighted by atomic mass is 10.1. The average molecular weight is 380 g/mol. The number of ether oxygens (including phenoxy) is 3. The first-order valence-corrected chi connectivity index (χ1v) is 8.37. The van der Waals surface area contributed by atoms with Crippen LogP contribution in [0.25, 0.3) is 10.9 Å². The summed E-state index contributed by atoms with van der Waals surface area (Å²) in [5.41, 5.74) is 7.28. The van der Waals surface area contributed by atoms with E-state index in [1.165, 1.54) is 27.5 Å². The molecule has 0 fully saturated rings. The Bertz CT molecular complexity index is 1040. The lowest BCUT2D eigenvalue weighted by Gasteiger charge is -2.16. The van der Waals surface area contributed by atoms with Gasteiger partial charge in [-0.1, -0.05) is 18.2 Å². The van der Waals surface area contributed by atoms with Crippen molar-refractivity contribution in [1.29, 1.82) is 0 Å². The zero-order valence-electron chi connectivity index (χ0n) is 15.7. The predicted octanol–water partition coefficient (Wildman–Crippen LogP) is 2.64. The van der Waals surface area contributed by atoms with E-state index in [2.05, 4.69) is 15.3 Å². The molecule has 1 heterocycles. The number of hydrogen-bond acceptors (Lipinski definition) is 6. The van der Waals surface area contributed by atoms with Crippen LogP contribution in [-0.2, 0) is 0 Å². The molecule has 28 heavy (non-hydrogen) atoms. The number of rotatable bonds is 5. The van der Waals surface area contributed by atoms with E-state index in [1.807, 2.05) is 18.2 Å². The minimum atomic E-state index is -0.460. The summed E-state index contributed by atoms with van der Waals surface area (Å²) >= 11 is 0. The Morgan fingerprint density at radius 3 is 2.39 bits per heavy atom. The van der Waals surface area contributed by atoms with Crippen molar-refractivity contribution >= 4 is 28.5 Å². The molecule has 0 spiro atoms. The molecule has 0 radical (unpaired) electrons. The largest absolute Gasteiger partial charge is 0.494 e. The topological polar surface area (TPSA) is 108 Å². The predicted molar refractivity (Wildman–Crippen MR) is 107 cm³/mol. The number of nitrogens with one attached hydrogen (secondary N) is 1. The van der Waals surface area contributed by atoms with Gasteiger partial charge in [-0.2, -0.15) is 0 Å². The quantitative estimate of drug-likeness (QED) is 0.520. The van der Waals surface area contributed by atoms with Crippen molar-refractivity contribution in [3.8, 4) is 17.2 Å². The molecule has 3 N–H and O–H groups in total. The highest BCUT2D eigenvalue weighted by Gasteiger charge is 2.21. The molecule has 0 aliphatic rings. The first-order valence-electron chi connectivity index (χ1n) is 8.37. The van der Waals surface area contributed by atoms with Gasteiger partial charge in [-0.15, -0.1) is 0 Å². The van der Waals surface area contributed by atoms with Crippen LogP contribution in [0.5, 0.6) is 17.2 Å². The summed E-state index contributed by atoms with van der Waals surface area (Å²) in [6, 6.07) is 12.3. The first-order chi connectivity index (χ1) is 13.6. The lowest BCUT2D eigenvalue weighted by Crippen LogP contribution is -2.36. The van der Waals surface area contributed by atoms with Gasteiger partial charge < -0.3 is 19.9 Å². The second-order valence-electron chi connectivity index (χ2n) is 5.68. The molecule has 8 heteroatoms. The van der Waals surface area contributed by atoms with Crippen LogP contribution in [0.1, 0.15) is 10.4 Å². The van der Waals surface area contributed by atoms with Crippen molar-refractivity contribution in [3.63, 3.8) is 0 Å². The van der Waals surface area contributed by atoms with Crippen LogP contribution in [0, 0.1) is 0 Å². The highest BCUT2D eigenvalue weighted by atomic mass is 16.5. The Morgan fingerprint density at radius 1 is 1.04 bits per heavy atom. The lowest BCUT2D eigenvalue weighted by molar-refractivity contribution is 0.0978. The first kappa shape index (κ1) is 19.0. The van der Waals surface area contributed by atoms with Crippen LogP contribution in [0.2, 0.25) is 0 Å². The van der Waals surface area contributed by atoms with Crippen molar-refractivity contribution in [2.24, 2.45) is 10.7 Å². The minimum absolute atomic E-state index is 0.0324. The Kier molecular flexibility index (Phi) is 5.59. The summed E-state index contributed by atoms with van der Waals surface area (Å²) in [7, 11) is 4.51. The maximum Gasteiger partial charge on any atom is 0.258 e. The maximum atomic E-state index is 12.9. The number of carbonyl (C=O) groups excluding carboxylic acids is 1. The number of hydrogen-bond donors (Lipinski definition) is 2. The molecule has 144 valence electrons. The van der Waals surface area contributed by atoms with E-state index in [4.69, 9.17) is 19.9 Å². The van der Waals surface area contributed by atoms with Crippen molar-refractivity contribution < 1.29 is 19.0 Å². The number of aromatic nitrogens is 1. The molecular weight excluding hydrogens is 360 g/mol. The fourth-order valence-electron chi connectivity index (χ4n) is 2.81. The second-order valence-corrected chi connectivity index (χ2v) is 5.68. The smallest absolute Gasteiger partial charge is 0.258 e. The Morgan fingerprint density at radius 2 is 1.75 bits per heavy atom. The normalized spacial score (nSPS) is 11.2. The summed E-state index contributed by atoms with van der Waals surface area (Å²) in [5, 5.41) is 3.04. The zero-order valence-corrected chi connectivity index (χ0v) is 15.7. The molecule has 1 amide bonds. The van der Waals surface area contributed by atoms with Gasteiger partial charge >= 0.3 is 0 Å². The van der Waals surface area contributed by atoms with Gasteiger partial charge in [0, 0.05) is 12.3 Å². The number of benzene rings is 2. The van der Waals surface area contributed by atoms with E-state index in [-0.39, 0.29) is 5.96 Å². The molecule has 8 nitrogen and oxygen atoms in total.